The second kappa shape index (κ2) is 9.93. The van der Waals surface area contributed by atoms with Crippen molar-refractivity contribution in [1.82, 2.24) is 4.90 Å². The Labute approximate surface area is 185 Å². The van der Waals surface area contributed by atoms with Crippen LogP contribution in [0.25, 0.3) is 0 Å². The van der Waals surface area contributed by atoms with Crippen LogP contribution in [-0.2, 0) is 6.42 Å². The molecule has 4 rings (SSSR count). The zero-order chi connectivity index (χ0) is 21.6. The van der Waals surface area contributed by atoms with Gasteiger partial charge in [-0.15, -0.1) is 0 Å². The Hall–Kier alpha value is -2.91. The molecule has 1 aliphatic carbocycles. The summed E-state index contributed by atoms with van der Waals surface area (Å²) in [5, 5.41) is 0. The molecule has 3 nitrogen and oxygen atoms in total. The zero-order valence-electron chi connectivity index (χ0n) is 18.5. The summed E-state index contributed by atoms with van der Waals surface area (Å²) >= 11 is 0. The van der Waals surface area contributed by atoms with Gasteiger partial charge in [0.05, 0.1) is 5.92 Å². The van der Waals surface area contributed by atoms with Gasteiger partial charge < -0.3 is 9.64 Å². The molecular formula is C28H31NO2. The van der Waals surface area contributed by atoms with E-state index in [9.17, 15) is 4.79 Å². The maximum Gasteiger partial charge on any atom is 0.171 e. The lowest BCUT2D eigenvalue weighted by atomic mass is 9.69. The van der Waals surface area contributed by atoms with Crippen molar-refractivity contribution in [2.24, 2.45) is 0 Å². The van der Waals surface area contributed by atoms with Crippen molar-refractivity contribution in [2.75, 3.05) is 26.2 Å². The second-order valence-electron chi connectivity index (χ2n) is 8.16. The Bertz CT molecular complexity index is 993. The average Bonchev–Trinajstić information content (AvgIpc) is 2.83. The lowest BCUT2D eigenvalue weighted by Crippen LogP contribution is -2.28. The van der Waals surface area contributed by atoms with Gasteiger partial charge in [-0.1, -0.05) is 80.6 Å². The largest absolute Gasteiger partial charge is 0.492 e. The Morgan fingerprint density at radius 2 is 1.52 bits per heavy atom. The van der Waals surface area contributed by atoms with Crippen LogP contribution in [0.3, 0.4) is 0 Å². The second-order valence-corrected chi connectivity index (χ2v) is 8.16. The predicted octanol–water partition coefficient (Wildman–Crippen LogP) is 5.71. The third-order valence-corrected chi connectivity index (χ3v) is 6.45. The van der Waals surface area contributed by atoms with Crippen LogP contribution in [0.5, 0.6) is 5.75 Å². The summed E-state index contributed by atoms with van der Waals surface area (Å²) in [7, 11) is 0. The maximum absolute atomic E-state index is 13.6. The van der Waals surface area contributed by atoms with Gasteiger partial charge in [0, 0.05) is 18.0 Å². The molecule has 0 aromatic heterocycles. The van der Waals surface area contributed by atoms with E-state index in [1.807, 2.05) is 36.4 Å². The topological polar surface area (TPSA) is 29.5 Å². The van der Waals surface area contributed by atoms with Gasteiger partial charge in [-0.25, -0.2) is 0 Å². The van der Waals surface area contributed by atoms with Crippen molar-refractivity contribution in [3.8, 4) is 5.75 Å². The standard InChI is InChI=1S/C28H31NO2/c1-3-29(4-2)18-19-31-24-16-14-22(15-17-24)27-26(21-10-6-5-7-11-21)20-23-12-8-9-13-25(23)28(27)30/h5-17,26-27H,3-4,18-20H2,1-2H3. The highest BCUT2D eigenvalue weighted by atomic mass is 16.5. The van der Waals surface area contributed by atoms with Crippen molar-refractivity contribution < 1.29 is 9.53 Å². The van der Waals surface area contributed by atoms with Crippen LogP contribution in [0.15, 0.2) is 78.9 Å². The number of fused-ring (bicyclic) bond motifs is 1. The zero-order valence-corrected chi connectivity index (χ0v) is 18.5. The Morgan fingerprint density at radius 3 is 2.23 bits per heavy atom. The molecule has 0 amide bonds. The van der Waals surface area contributed by atoms with Crippen molar-refractivity contribution in [3.05, 3.63) is 101 Å². The molecule has 3 aromatic carbocycles. The first-order valence-electron chi connectivity index (χ1n) is 11.3. The number of nitrogens with zero attached hydrogens (tertiary/aromatic N) is 1. The van der Waals surface area contributed by atoms with E-state index in [1.165, 1.54) is 5.56 Å². The van der Waals surface area contributed by atoms with Crippen LogP contribution in [0.2, 0.25) is 0 Å². The smallest absolute Gasteiger partial charge is 0.171 e. The molecule has 3 aromatic rings. The lowest BCUT2D eigenvalue weighted by Gasteiger charge is -2.33. The third-order valence-electron chi connectivity index (χ3n) is 6.45. The van der Waals surface area contributed by atoms with E-state index in [1.54, 1.807) is 0 Å². The monoisotopic (exact) mass is 413 g/mol. The normalized spacial score (nSPS) is 18.1. The number of Topliss-reactive ketones (excluding diaryl/α,β-unsaturated/α-hetero) is 1. The van der Waals surface area contributed by atoms with E-state index < -0.39 is 0 Å². The first kappa shape index (κ1) is 21.3. The summed E-state index contributed by atoms with van der Waals surface area (Å²) in [6.45, 7) is 7.99. The van der Waals surface area contributed by atoms with Gasteiger partial charge in [0.15, 0.2) is 5.78 Å². The van der Waals surface area contributed by atoms with Crippen molar-refractivity contribution in [1.29, 1.82) is 0 Å². The van der Waals surface area contributed by atoms with Crippen LogP contribution in [0.4, 0.5) is 0 Å². The van der Waals surface area contributed by atoms with E-state index in [0.29, 0.717) is 6.61 Å². The van der Waals surface area contributed by atoms with Gasteiger partial charge in [0.25, 0.3) is 0 Å². The van der Waals surface area contributed by atoms with E-state index in [4.69, 9.17) is 4.74 Å². The first-order valence-corrected chi connectivity index (χ1v) is 11.3. The molecule has 1 aliphatic rings. The fourth-order valence-corrected chi connectivity index (χ4v) is 4.64. The number of ketones is 1. The minimum atomic E-state index is -0.179. The van der Waals surface area contributed by atoms with Crippen molar-refractivity contribution in [3.63, 3.8) is 0 Å². The number of carbonyl (C=O) groups is 1. The summed E-state index contributed by atoms with van der Waals surface area (Å²) in [6.07, 6.45) is 0.874. The predicted molar refractivity (Wildman–Crippen MR) is 126 cm³/mol. The Morgan fingerprint density at radius 1 is 0.839 bits per heavy atom. The van der Waals surface area contributed by atoms with Gasteiger partial charge in [-0.05, 0) is 48.3 Å². The maximum atomic E-state index is 13.6. The van der Waals surface area contributed by atoms with Gasteiger partial charge in [0.2, 0.25) is 0 Å². The third kappa shape index (κ3) is 4.72. The van der Waals surface area contributed by atoms with Crippen LogP contribution >= 0.6 is 0 Å². The SMILES string of the molecule is CCN(CC)CCOc1ccc(C2C(=O)c3ccccc3CC2c2ccccc2)cc1. The quantitative estimate of drug-likeness (QED) is 0.473. The molecule has 2 unspecified atom stereocenters. The van der Waals surface area contributed by atoms with E-state index >= 15 is 0 Å². The molecule has 31 heavy (non-hydrogen) atoms. The molecule has 0 radical (unpaired) electrons. The summed E-state index contributed by atoms with van der Waals surface area (Å²) in [5.41, 5.74) is 4.28. The molecule has 0 N–H and O–H groups in total. The minimum Gasteiger partial charge on any atom is -0.492 e. The van der Waals surface area contributed by atoms with Crippen molar-refractivity contribution >= 4 is 5.78 Å². The fourth-order valence-electron chi connectivity index (χ4n) is 4.64. The highest BCUT2D eigenvalue weighted by Crippen LogP contribution is 2.43. The molecule has 0 saturated heterocycles. The van der Waals surface area contributed by atoms with Crippen LogP contribution < -0.4 is 4.74 Å². The molecule has 0 aliphatic heterocycles. The van der Waals surface area contributed by atoms with Gasteiger partial charge in [0.1, 0.15) is 12.4 Å². The van der Waals surface area contributed by atoms with Gasteiger partial charge >= 0.3 is 0 Å². The number of rotatable bonds is 8. The fraction of sp³-hybridized carbons (Fsp3) is 0.321. The molecule has 0 heterocycles. The number of hydrogen-bond donors (Lipinski definition) is 0. The first-order chi connectivity index (χ1) is 15.2. The van der Waals surface area contributed by atoms with Crippen LogP contribution in [0.1, 0.15) is 52.7 Å². The van der Waals surface area contributed by atoms with Crippen LogP contribution in [-0.4, -0.2) is 36.9 Å². The molecule has 2 atom stereocenters. The number of benzene rings is 3. The summed E-state index contributed by atoms with van der Waals surface area (Å²) in [6, 6.07) is 26.6. The molecule has 0 fully saturated rings. The Balaban J connectivity index is 1.58. The van der Waals surface area contributed by atoms with E-state index in [0.717, 1.165) is 48.5 Å². The molecular weight excluding hydrogens is 382 g/mol. The van der Waals surface area contributed by atoms with E-state index in [2.05, 4.69) is 61.2 Å². The van der Waals surface area contributed by atoms with Gasteiger partial charge in [-0.3, -0.25) is 4.79 Å². The summed E-state index contributed by atoms with van der Waals surface area (Å²) in [5.74, 6) is 1.03. The number of likely N-dealkylation sites (N-methyl/N-ethyl adjacent to an activating group) is 1. The molecule has 0 bridgehead atoms. The minimum absolute atomic E-state index is 0.137. The Kier molecular flexibility index (Phi) is 6.83. The average molecular weight is 414 g/mol. The lowest BCUT2D eigenvalue weighted by molar-refractivity contribution is 0.0935. The molecule has 0 saturated carbocycles. The number of hydrogen-bond acceptors (Lipinski definition) is 3. The highest BCUT2D eigenvalue weighted by Gasteiger charge is 2.37. The number of carbonyl (C=O) groups excluding carboxylic acids is 1. The highest BCUT2D eigenvalue weighted by molar-refractivity contribution is 6.04. The van der Waals surface area contributed by atoms with E-state index in [-0.39, 0.29) is 17.6 Å². The van der Waals surface area contributed by atoms with Crippen molar-refractivity contribution in [2.45, 2.75) is 32.1 Å². The molecule has 160 valence electrons. The number of ether oxygens (including phenoxy) is 1. The molecule has 0 spiro atoms. The summed E-state index contributed by atoms with van der Waals surface area (Å²) < 4.78 is 5.95. The van der Waals surface area contributed by atoms with Gasteiger partial charge in [-0.2, -0.15) is 0 Å². The van der Waals surface area contributed by atoms with Crippen LogP contribution in [0, 0.1) is 0 Å². The molecule has 3 heteroatoms. The summed E-state index contributed by atoms with van der Waals surface area (Å²) in [4.78, 5) is 15.9.